The Balaban J connectivity index is 1.40. The Morgan fingerprint density at radius 1 is 1.06 bits per heavy atom. The van der Waals surface area contributed by atoms with Crippen molar-refractivity contribution in [2.24, 2.45) is 0 Å². The van der Waals surface area contributed by atoms with Crippen LogP contribution >= 0.6 is 11.8 Å². The summed E-state index contributed by atoms with van der Waals surface area (Å²) in [5.74, 6) is 0.778. The van der Waals surface area contributed by atoms with E-state index < -0.39 is 0 Å². The van der Waals surface area contributed by atoms with Gasteiger partial charge in [0.05, 0.1) is 5.69 Å². The van der Waals surface area contributed by atoms with E-state index >= 15 is 0 Å². The third kappa shape index (κ3) is 5.21. The third-order valence-corrected chi connectivity index (χ3v) is 6.88. The average molecular weight is 439 g/mol. The molecule has 1 aliphatic heterocycles. The maximum Gasteiger partial charge on any atom is 0.326 e. The lowest BCUT2D eigenvalue weighted by Gasteiger charge is -2.30. The quantitative estimate of drug-likeness (QED) is 0.638. The van der Waals surface area contributed by atoms with Gasteiger partial charge in [-0.2, -0.15) is 0 Å². The van der Waals surface area contributed by atoms with Gasteiger partial charge >= 0.3 is 6.03 Å². The highest BCUT2D eigenvalue weighted by Crippen LogP contribution is 2.36. The molecule has 0 spiro atoms. The number of hydrogen-bond donors (Lipinski definition) is 2. The first-order valence-corrected chi connectivity index (χ1v) is 12.1. The minimum absolute atomic E-state index is 0.0381. The topological polar surface area (TPSA) is 74.3 Å². The number of nitrogens with one attached hydrogen (secondary N) is 2. The van der Waals surface area contributed by atoms with Crippen LogP contribution in [0, 0.1) is 13.8 Å². The number of fused-ring (bicyclic) bond motifs is 1. The summed E-state index contributed by atoms with van der Waals surface area (Å²) in [5, 5.41) is 7.04. The largest absolute Gasteiger partial charge is 0.349 e. The van der Waals surface area contributed by atoms with Gasteiger partial charge in [0, 0.05) is 35.3 Å². The van der Waals surface area contributed by atoms with E-state index in [1.165, 1.54) is 25.7 Å². The molecule has 0 unspecified atom stereocenters. The number of anilines is 2. The minimum atomic E-state index is -0.175. The van der Waals surface area contributed by atoms with Gasteiger partial charge in [-0.25, -0.2) is 9.78 Å². The lowest BCUT2D eigenvalue weighted by molar-refractivity contribution is 0.0933. The summed E-state index contributed by atoms with van der Waals surface area (Å²) in [5.41, 5.74) is 4.20. The predicted molar refractivity (Wildman–Crippen MR) is 126 cm³/mol. The second-order valence-electron chi connectivity index (χ2n) is 8.40. The molecular formula is C24H30N4O2S. The summed E-state index contributed by atoms with van der Waals surface area (Å²) >= 11 is 1.69. The van der Waals surface area contributed by atoms with Crippen LogP contribution in [-0.4, -0.2) is 35.3 Å². The van der Waals surface area contributed by atoms with E-state index in [-0.39, 0.29) is 18.0 Å². The Labute approximate surface area is 188 Å². The van der Waals surface area contributed by atoms with Gasteiger partial charge in [-0.1, -0.05) is 25.7 Å². The number of aromatic nitrogens is 1. The van der Waals surface area contributed by atoms with Gasteiger partial charge in [0.25, 0.3) is 5.91 Å². The minimum Gasteiger partial charge on any atom is -0.349 e. The van der Waals surface area contributed by atoms with Crippen LogP contribution in [0.3, 0.4) is 0 Å². The predicted octanol–water partition coefficient (Wildman–Crippen LogP) is 5.30. The first-order chi connectivity index (χ1) is 15.0. The van der Waals surface area contributed by atoms with E-state index in [2.05, 4.69) is 15.6 Å². The Kier molecular flexibility index (Phi) is 6.80. The number of aryl methyl sites for hydroxylation is 2. The molecule has 6 nitrogen and oxygen atoms in total. The van der Waals surface area contributed by atoms with Crippen molar-refractivity contribution >= 4 is 35.1 Å². The maximum absolute atomic E-state index is 13.0. The molecule has 1 aliphatic carbocycles. The molecule has 0 saturated heterocycles. The highest BCUT2D eigenvalue weighted by atomic mass is 32.2. The summed E-state index contributed by atoms with van der Waals surface area (Å²) in [4.78, 5) is 31.9. The number of pyridine rings is 1. The van der Waals surface area contributed by atoms with E-state index in [4.69, 9.17) is 0 Å². The van der Waals surface area contributed by atoms with Crippen LogP contribution in [0.2, 0.25) is 0 Å². The Hall–Kier alpha value is -2.54. The zero-order chi connectivity index (χ0) is 21.8. The lowest BCUT2D eigenvalue weighted by atomic mass is 10.1. The molecule has 2 N–H and O–H groups in total. The monoisotopic (exact) mass is 438 g/mol. The molecule has 7 heteroatoms. The van der Waals surface area contributed by atoms with E-state index in [9.17, 15) is 9.59 Å². The second kappa shape index (κ2) is 9.73. The maximum atomic E-state index is 13.0. The highest BCUT2D eigenvalue weighted by molar-refractivity contribution is 7.99. The van der Waals surface area contributed by atoms with Crippen LogP contribution in [0.5, 0.6) is 0 Å². The normalized spacial score (nSPS) is 16.9. The van der Waals surface area contributed by atoms with Gasteiger partial charge in [0.2, 0.25) is 0 Å². The van der Waals surface area contributed by atoms with E-state index in [0.29, 0.717) is 17.8 Å². The van der Waals surface area contributed by atoms with Crippen molar-refractivity contribution in [3.05, 3.63) is 47.2 Å². The molecule has 4 rings (SSSR count). The molecule has 0 bridgehead atoms. The first kappa shape index (κ1) is 21.7. The Bertz CT molecular complexity index is 953. The van der Waals surface area contributed by atoms with E-state index in [0.717, 1.165) is 40.6 Å². The fourth-order valence-corrected chi connectivity index (χ4v) is 5.45. The average Bonchev–Trinajstić information content (AvgIpc) is 3.02. The molecule has 1 aromatic heterocycles. The molecule has 31 heavy (non-hydrogen) atoms. The van der Waals surface area contributed by atoms with Gasteiger partial charge in [0.1, 0.15) is 5.03 Å². The number of hydrogen-bond acceptors (Lipinski definition) is 4. The van der Waals surface area contributed by atoms with Gasteiger partial charge in [-0.3, -0.25) is 9.69 Å². The summed E-state index contributed by atoms with van der Waals surface area (Å²) in [7, 11) is 0. The van der Waals surface area contributed by atoms with Crippen LogP contribution < -0.4 is 15.5 Å². The van der Waals surface area contributed by atoms with Crippen molar-refractivity contribution in [2.45, 2.75) is 63.4 Å². The van der Waals surface area contributed by atoms with E-state index in [1.807, 2.05) is 19.9 Å². The SMILES string of the molecule is Cc1cc(C)c2c(n1)SCCN2C(=O)Nc1ccc(C(=O)NC2CCCCCC2)cc1. The molecule has 2 aromatic rings. The van der Waals surface area contributed by atoms with Crippen LogP contribution in [0.4, 0.5) is 16.2 Å². The van der Waals surface area contributed by atoms with Crippen molar-refractivity contribution in [1.29, 1.82) is 0 Å². The van der Waals surface area contributed by atoms with Crippen LogP contribution in [-0.2, 0) is 0 Å². The third-order valence-electron chi connectivity index (χ3n) is 5.94. The number of benzene rings is 1. The summed E-state index contributed by atoms with van der Waals surface area (Å²) in [6.45, 7) is 4.62. The fraction of sp³-hybridized carbons (Fsp3) is 0.458. The van der Waals surface area contributed by atoms with E-state index in [1.54, 1.807) is 40.9 Å². The van der Waals surface area contributed by atoms with Crippen molar-refractivity contribution in [3.8, 4) is 0 Å². The van der Waals surface area contributed by atoms with Crippen molar-refractivity contribution in [1.82, 2.24) is 10.3 Å². The van der Waals surface area contributed by atoms with Gasteiger partial charge in [-0.05, 0) is 62.6 Å². The number of amides is 3. The molecule has 2 heterocycles. The molecule has 3 amide bonds. The molecule has 1 saturated carbocycles. The molecular weight excluding hydrogens is 408 g/mol. The van der Waals surface area contributed by atoms with Crippen LogP contribution in [0.15, 0.2) is 35.4 Å². The molecule has 0 atom stereocenters. The zero-order valence-corrected chi connectivity index (χ0v) is 19.1. The number of carbonyl (C=O) groups is 2. The second-order valence-corrected chi connectivity index (χ2v) is 9.49. The van der Waals surface area contributed by atoms with Crippen molar-refractivity contribution in [2.75, 3.05) is 22.5 Å². The lowest BCUT2D eigenvalue weighted by Crippen LogP contribution is -2.39. The standard InChI is InChI=1S/C24H30N4O2S/c1-16-15-17(2)25-23-21(16)28(13-14-31-23)24(30)27-20-11-9-18(10-12-20)22(29)26-19-7-5-3-4-6-8-19/h9-12,15,19H,3-8,13-14H2,1-2H3,(H,26,29)(H,27,30). The first-order valence-electron chi connectivity index (χ1n) is 11.1. The molecule has 164 valence electrons. The number of thioether (sulfide) groups is 1. The van der Waals surface area contributed by atoms with Crippen molar-refractivity contribution < 1.29 is 9.59 Å². The van der Waals surface area contributed by atoms with Crippen molar-refractivity contribution in [3.63, 3.8) is 0 Å². The zero-order valence-electron chi connectivity index (χ0n) is 18.2. The molecule has 1 fully saturated rings. The molecule has 1 aromatic carbocycles. The number of urea groups is 1. The number of carbonyl (C=O) groups excluding carboxylic acids is 2. The number of nitrogens with zero attached hydrogens (tertiary/aromatic N) is 2. The van der Waals surface area contributed by atoms with Crippen LogP contribution in [0.1, 0.15) is 60.1 Å². The Morgan fingerprint density at radius 3 is 2.48 bits per heavy atom. The smallest absolute Gasteiger partial charge is 0.326 e. The summed E-state index contributed by atoms with van der Waals surface area (Å²) < 4.78 is 0. The van der Waals surface area contributed by atoms with Gasteiger partial charge in [-0.15, -0.1) is 11.8 Å². The van der Waals surface area contributed by atoms with Crippen LogP contribution in [0.25, 0.3) is 0 Å². The molecule has 2 aliphatic rings. The Morgan fingerprint density at radius 2 is 1.77 bits per heavy atom. The fourth-order valence-electron chi connectivity index (χ4n) is 4.36. The molecule has 0 radical (unpaired) electrons. The number of rotatable bonds is 3. The highest BCUT2D eigenvalue weighted by Gasteiger charge is 2.26. The summed E-state index contributed by atoms with van der Waals surface area (Å²) in [6.07, 6.45) is 7.00. The summed E-state index contributed by atoms with van der Waals surface area (Å²) in [6, 6.07) is 9.24. The van der Waals surface area contributed by atoms with Gasteiger partial charge in [0.15, 0.2) is 0 Å². The van der Waals surface area contributed by atoms with Gasteiger partial charge < -0.3 is 10.6 Å².